The standard InChI is InChI=1S/C17H28N2O/c1-3-5-12-15(9-4-2)19-17(20)16(18)13-14-10-7-6-8-11-14/h6-8,10-11,15-16H,3-5,9,12-13,18H2,1-2H3,(H,19,20). The van der Waals surface area contributed by atoms with Gasteiger partial charge in [0.2, 0.25) is 5.91 Å². The first-order chi connectivity index (χ1) is 9.67. The van der Waals surface area contributed by atoms with Crippen molar-refractivity contribution < 1.29 is 4.79 Å². The highest BCUT2D eigenvalue weighted by Crippen LogP contribution is 2.08. The van der Waals surface area contributed by atoms with E-state index < -0.39 is 6.04 Å². The average molecular weight is 276 g/mol. The number of unbranched alkanes of at least 4 members (excludes halogenated alkanes) is 1. The largest absolute Gasteiger partial charge is 0.352 e. The summed E-state index contributed by atoms with van der Waals surface area (Å²) < 4.78 is 0. The molecular formula is C17H28N2O. The van der Waals surface area contributed by atoms with Crippen molar-refractivity contribution in [2.45, 2.75) is 64.5 Å². The Morgan fingerprint density at radius 3 is 2.45 bits per heavy atom. The summed E-state index contributed by atoms with van der Waals surface area (Å²) in [6.07, 6.45) is 6.07. The van der Waals surface area contributed by atoms with Crippen molar-refractivity contribution in [1.29, 1.82) is 0 Å². The van der Waals surface area contributed by atoms with Crippen molar-refractivity contribution >= 4 is 5.91 Å². The quantitative estimate of drug-likeness (QED) is 0.728. The van der Waals surface area contributed by atoms with E-state index in [0.717, 1.165) is 37.7 Å². The second-order valence-electron chi connectivity index (χ2n) is 5.43. The number of carbonyl (C=O) groups excluding carboxylic acids is 1. The molecule has 2 unspecified atom stereocenters. The van der Waals surface area contributed by atoms with E-state index >= 15 is 0 Å². The van der Waals surface area contributed by atoms with Gasteiger partial charge in [-0.15, -0.1) is 0 Å². The first kappa shape index (κ1) is 16.7. The Bertz CT molecular complexity index is 378. The van der Waals surface area contributed by atoms with Crippen molar-refractivity contribution in [2.75, 3.05) is 0 Å². The van der Waals surface area contributed by atoms with Crippen LogP contribution in [0.4, 0.5) is 0 Å². The number of carbonyl (C=O) groups is 1. The zero-order valence-electron chi connectivity index (χ0n) is 12.8. The zero-order valence-corrected chi connectivity index (χ0v) is 12.8. The van der Waals surface area contributed by atoms with Gasteiger partial charge in [-0.05, 0) is 24.8 Å². The van der Waals surface area contributed by atoms with Crippen LogP contribution in [-0.4, -0.2) is 18.0 Å². The lowest BCUT2D eigenvalue weighted by Gasteiger charge is -2.20. The van der Waals surface area contributed by atoms with Crippen molar-refractivity contribution in [2.24, 2.45) is 5.73 Å². The molecule has 0 bridgehead atoms. The minimum absolute atomic E-state index is 0.0246. The Labute approximate surface area is 122 Å². The van der Waals surface area contributed by atoms with Crippen molar-refractivity contribution in [3.05, 3.63) is 35.9 Å². The van der Waals surface area contributed by atoms with Gasteiger partial charge in [0.1, 0.15) is 0 Å². The third-order valence-corrected chi connectivity index (χ3v) is 3.52. The number of rotatable bonds is 9. The zero-order chi connectivity index (χ0) is 14.8. The molecule has 1 aromatic carbocycles. The molecule has 0 saturated heterocycles. The van der Waals surface area contributed by atoms with Gasteiger partial charge >= 0.3 is 0 Å². The molecule has 0 aromatic heterocycles. The molecule has 0 spiro atoms. The molecule has 0 radical (unpaired) electrons. The predicted molar refractivity (Wildman–Crippen MR) is 84.5 cm³/mol. The van der Waals surface area contributed by atoms with E-state index in [4.69, 9.17) is 5.73 Å². The van der Waals surface area contributed by atoms with Crippen LogP contribution in [0.25, 0.3) is 0 Å². The summed E-state index contributed by atoms with van der Waals surface area (Å²) in [6.45, 7) is 4.32. The molecule has 1 aromatic rings. The lowest BCUT2D eigenvalue weighted by atomic mass is 10.0. The van der Waals surface area contributed by atoms with Crippen LogP contribution in [0.3, 0.4) is 0 Å². The maximum atomic E-state index is 12.2. The summed E-state index contributed by atoms with van der Waals surface area (Å²) in [5.74, 6) is -0.0246. The molecule has 0 aliphatic rings. The SMILES string of the molecule is CCCCC(CCC)NC(=O)C(N)Cc1ccccc1. The van der Waals surface area contributed by atoms with Crippen LogP contribution in [-0.2, 0) is 11.2 Å². The van der Waals surface area contributed by atoms with Crippen molar-refractivity contribution in [3.8, 4) is 0 Å². The molecule has 20 heavy (non-hydrogen) atoms. The Balaban J connectivity index is 2.46. The van der Waals surface area contributed by atoms with E-state index in [2.05, 4.69) is 19.2 Å². The predicted octanol–water partition coefficient (Wildman–Crippen LogP) is 3.03. The van der Waals surface area contributed by atoms with Gasteiger partial charge in [-0.1, -0.05) is 63.4 Å². The molecule has 0 heterocycles. The summed E-state index contributed by atoms with van der Waals surface area (Å²) >= 11 is 0. The molecule has 2 atom stereocenters. The molecule has 0 fully saturated rings. The molecular weight excluding hydrogens is 248 g/mol. The first-order valence-corrected chi connectivity index (χ1v) is 7.77. The Hall–Kier alpha value is -1.35. The van der Waals surface area contributed by atoms with E-state index in [9.17, 15) is 4.79 Å². The number of benzene rings is 1. The van der Waals surface area contributed by atoms with Gasteiger partial charge in [0.25, 0.3) is 0 Å². The van der Waals surface area contributed by atoms with Gasteiger partial charge in [0.15, 0.2) is 0 Å². The van der Waals surface area contributed by atoms with E-state index in [-0.39, 0.29) is 11.9 Å². The van der Waals surface area contributed by atoms with Gasteiger partial charge in [0.05, 0.1) is 6.04 Å². The monoisotopic (exact) mass is 276 g/mol. The molecule has 3 N–H and O–H groups in total. The lowest BCUT2D eigenvalue weighted by Crippen LogP contribution is -2.46. The highest BCUT2D eigenvalue weighted by atomic mass is 16.2. The highest BCUT2D eigenvalue weighted by molar-refractivity contribution is 5.82. The normalized spacial score (nSPS) is 13.8. The van der Waals surface area contributed by atoms with Crippen molar-refractivity contribution in [1.82, 2.24) is 5.32 Å². The molecule has 0 aliphatic carbocycles. The first-order valence-electron chi connectivity index (χ1n) is 7.77. The highest BCUT2D eigenvalue weighted by Gasteiger charge is 2.17. The minimum atomic E-state index is -0.460. The average Bonchev–Trinajstić information content (AvgIpc) is 2.46. The van der Waals surface area contributed by atoms with Crippen LogP contribution in [0, 0.1) is 0 Å². The molecule has 3 heteroatoms. The maximum Gasteiger partial charge on any atom is 0.237 e. The number of hydrogen-bond donors (Lipinski definition) is 2. The minimum Gasteiger partial charge on any atom is -0.352 e. The van der Waals surface area contributed by atoms with E-state index in [1.54, 1.807) is 0 Å². The lowest BCUT2D eigenvalue weighted by molar-refractivity contribution is -0.123. The molecule has 0 saturated carbocycles. The van der Waals surface area contributed by atoms with Gasteiger partial charge < -0.3 is 11.1 Å². The fraction of sp³-hybridized carbons (Fsp3) is 0.588. The van der Waals surface area contributed by atoms with Crippen LogP contribution >= 0.6 is 0 Å². The van der Waals surface area contributed by atoms with Crippen LogP contribution in [0.5, 0.6) is 0 Å². The second-order valence-corrected chi connectivity index (χ2v) is 5.43. The van der Waals surface area contributed by atoms with Gasteiger partial charge in [-0.3, -0.25) is 4.79 Å². The molecule has 1 amide bonds. The van der Waals surface area contributed by atoms with E-state index in [1.165, 1.54) is 0 Å². The topological polar surface area (TPSA) is 55.1 Å². The number of nitrogens with two attached hydrogens (primary N) is 1. The van der Waals surface area contributed by atoms with Crippen LogP contribution in [0.15, 0.2) is 30.3 Å². The van der Waals surface area contributed by atoms with Crippen LogP contribution < -0.4 is 11.1 Å². The summed E-state index contributed by atoms with van der Waals surface area (Å²) in [4.78, 5) is 12.2. The molecule has 0 aliphatic heterocycles. The van der Waals surface area contributed by atoms with Crippen molar-refractivity contribution in [3.63, 3.8) is 0 Å². The van der Waals surface area contributed by atoms with E-state index in [0.29, 0.717) is 6.42 Å². The third-order valence-electron chi connectivity index (χ3n) is 3.52. The number of amides is 1. The Kier molecular flexibility index (Phi) is 7.97. The second kappa shape index (κ2) is 9.54. The smallest absolute Gasteiger partial charge is 0.237 e. The van der Waals surface area contributed by atoms with Crippen LogP contribution in [0.2, 0.25) is 0 Å². The summed E-state index contributed by atoms with van der Waals surface area (Å²) in [5, 5.41) is 3.11. The molecule has 1 rings (SSSR count). The summed E-state index contributed by atoms with van der Waals surface area (Å²) in [7, 11) is 0. The van der Waals surface area contributed by atoms with Gasteiger partial charge in [-0.25, -0.2) is 0 Å². The van der Waals surface area contributed by atoms with Gasteiger partial charge in [0, 0.05) is 6.04 Å². The maximum absolute atomic E-state index is 12.2. The Morgan fingerprint density at radius 1 is 1.15 bits per heavy atom. The van der Waals surface area contributed by atoms with E-state index in [1.807, 2.05) is 30.3 Å². The molecule has 112 valence electrons. The third kappa shape index (κ3) is 6.20. The molecule has 3 nitrogen and oxygen atoms in total. The summed E-state index contributed by atoms with van der Waals surface area (Å²) in [5.41, 5.74) is 7.12. The van der Waals surface area contributed by atoms with Gasteiger partial charge in [-0.2, -0.15) is 0 Å². The summed E-state index contributed by atoms with van der Waals surface area (Å²) in [6, 6.07) is 9.74. The number of nitrogens with one attached hydrogen (secondary N) is 1. The van der Waals surface area contributed by atoms with Crippen LogP contribution in [0.1, 0.15) is 51.5 Å². The Morgan fingerprint density at radius 2 is 1.85 bits per heavy atom. The fourth-order valence-electron chi connectivity index (χ4n) is 2.36. The number of hydrogen-bond acceptors (Lipinski definition) is 2. The fourth-order valence-corrected chi connectivity index (χ4v) is 2.36.